The summed E-state index contributed by atoms with van der Waals surface area (Å²) in [5, 5.41) is 0. The summed E-state index contributed by atoms with van der Waals surface area (Å²) >= 11 is 3.53. The maximum Gasteiger partial charge on any atom is 0.134 e. The number of imidazole rings is 1. The van der Waals surface area contributed by atoms with E-state index >= 15 is 0 Å². The van der Waals surface area contributed by atoms with Gasteiger partial charge in [-0.15, -0.1) is 0 Å². The van der Waals surface area contributed by atoms with Crippen molar-refractivity contribution in [3.63, 3.8) is 0 Å². The van der Waals surface area contributed by atoms with Crippen LogP contribution in [0, 0.1) is 6.92 Å². The molecular weight excluding hydrogens is 384 g/mol. The van der Waals surface area contributed by atoms with Gasteiger partial charge in [0.25, 0.3) is 0 Å². The van der Waals surface area contributed by atoms with E-state index in [2.05, 4.69) is 94.2 Å². The van der Waals surface area contributed by atoms with Crippen LogP contribution in [0.15, 0.2) is 77.3 Å². The van der Waals surface area contributed by atoms with Crippen LogP contribution in [0.25, 0.3) is 23.2 Å². The number of hydrogen-bond acceptors (Lipinski definition) is 1. The van der Waals surface area contributed by atoms with Crippen LogP contribution in [0.3, 0.4) is 0 Å². The van der Waals surface area contributed by atoms with Gasteiger partial charge in [-0.05, 0) is 48.4 Å². The molecule has 0 aliphatic rings. The van der Waals surface area contributed by atoms with E-state index in [1.807, 2.05) is 18.2 Å². The fourth-order valence-electron chi connectivity index (χ4n) is 3.04. The molecule has 0 saturated heterocycles. The van der Waals surface area contributed by atoms with Crippen molar-refractivity contribution in [2.24, 2.45) is 0 Å². The number of fused-ring (bicyclic) bond motifs is 1. The molecule has 0 radical (unpaired) electrons. The van der Waals surface area contributed by atoms with Gasteiger partial charge in [0.2, 0.25) is 0 Å². The highest BCUT2D eigenvalue weighted by Gasteiger charge is 2.08. The second-order valence-electron chi connectivity index (χ2n) is 6.42. The van der Waals surface area contributed by atoms with Gasteiger partial charge in [0.05, 0.1) is 11.0 Å². The first-order chi connectivity index (χ1) is 12.7. The minimum absolute atomic E-state index is 0.805. The highest BCUT2D eigenvalue weighted by atomic mass is 79.9. The van der Waals surface area contributed by atoms with Crippen LogP contribution in [0.5, 0.6) is 0 Å². The number of para-hydroxylation sites is 2. The first kappa shape index (κ1) is 16.8. The minimum atomic E-state index is 0.805. The van der Waals surface area contributed by atoms with E-state index in [0.717, 1.165) is 33.4 Å². The third kappa shape index (κ3) is 3.63. The monoisotopic (exact) mass is 402 g/mol. The Morgan fingerprint density at radius 2 is 1.73 bits per heavy atom. The van der Waals surface area contributed by atoms with E-state index < -0.39 is 0 Å². The Morgan fingerprint density at radius 1 is 0.923 bits per heavy atom. The molecular formula is C23H19BrN2. The molecule has 3 heteroatoms. The largest absolute Gasteiger partial charge is 0.320 e. The summed E-state index contributed by atoms with van der Waals surface area (Å²) in [5.41, 5.74) is 5.87. The molecule has 0 unspecified atom stereocenters. The number of aryl methyl sites for hydroxylation is 1. The molecule has 0 saturated carbocycles. The molecule has 0 aliphatic heterocycles. The van der Waals surface area contributed by atoms with Crippen molar-refractivity contribution in [2.45, 2.75) is 13.5 Å². The summed E-state index contributed by atoms with van der Waals surface area (Å²) in [4.78, 5) is 4.83. The summed E-state index contributed by atoms with van der Waals surface area (Å²) < 4.78 is 3.35. The lowest BCUT2D eigenvalue weighted by Crippen LogP contribution is -2.02. The molecule has 128 valence electrons. The number of rotatable bonds is 4. The van der Waals surface area contributed by atoms with Crippen molar-refractivity contribution >= 4 is 39.1 Å². The molecule has 2 nitrogen and oxygen atoms in total. The van der Waals surface area contributed by atoms with Gasteiger partial charge in [0.1, 0.15) is 5.82 Å². The topological polar surface area (TPSA) is 17.8 Å². The van der Waals surface area contributed by atoms with Gasteiger partial charge in [-0.2, -0.15) is 0 Å². The molecule has 0 amide bonds. The maximum absolute atomic E-state index is 4.83. The number of benzene rings is 3. The third-order valence-corrected chi connectivity index (χ3v) is 4.91. The van der Waals surface area contributed by atoms with Crippen LogP contribution < -0.4 is 0 Å². The van der Waals surface area contributed by atoms with Gasteiger partial charge in [-0.1, -0.05) is 76.1 Å². The highest BCUT2D eigenvalue weighted by Crippen LogP contribution is 2.21. The fourth-order valence-corrected chi connectivity index (χ4v) is 3.46. The fraction of sp³-hybridized carbons (Fsp3) is 0.0870. The molecule has 0 spiro atoms. The first-order valence-electron chi connectivity index (χ1n) is 8.63. The van der Waals surface area contributed by atoms with Crippen molar-refractivity contribution < 1.29 is 0 Å². The van der Waals surface area contributed by atoms with E-state index in [9.17, 15) is 0 Å². The summed E-state index contributed by atoms with van der Waals surface area (Å²) in [6, 6.07) is 25.3. The van der Waals surface area contributed by atoms with Gasteiger partial charge >= 0.3 is 0 Å². The summed E-state index contributed by atoms with van der Waals surface area (Å²) in [7, 11) is 0. The molecule has 1 heterocycles. The molecule has 3 aromatic carbocycles. The van der Waals surface area contributed by atoms with Gasteiger partial charge in [-0.25, -0.2) is 4.98 Å². The Balaban J connectivity index is 1.75. The van der Waals surface area contributed by atoms with E-state index in [-0.39, 0.29) is 0 Å². The Labute approximate surface area is 162 Å². The second-order valence-corrected chi connectivity index (χ2v) is 7.33. The van der Waals surface area contributed by atoms with Crippen molar-refractivity contribution in [1.82, 2.24) is 9.55 Å². The van der Waals surface area contributed by atoms with E-state index in [4.69, 9.17) is 4.98 Å². The Hall–Kier alpha value is -2.65. The summed E-state index contributed by atoms with van der Waals surface area (Å²) in [6.45, 7) is 2.92. The third-order valence-electron chi connectivity index (χ3n) is 4.42. The average Bonchev–Trinajstić information content (AvgIpc) is 3.00. The predicted molar refractivity (Wildman–Crippen MR) is 113 cm³/mol. The van der Waals surface area contributed by atoms with Crippen molar-refractivity contribution in [2.75, 3.05) is 0 Å². The van der Waals surface area contributed by atoms with Gasteiger partial charge in [0, 0.05) is 11.0 Å². The Kier molecular flexibility index (Phi) is 4.72. The molecule has 0 aliphatic carbocycles. The zero-order chi connectivity index (χ0) is 17.9. The second kappa shape index (κ2) is 7.30. The first-order valence-corrected chi connectivity index (χ1v) is 9.43. The van der Waals surface area contributed by atoms with Crippen LogP contribution >= 0.6 is 15.9 Å². The number of aromatic nitrogens is 2. The lowest BCUT2D eigenvalue weighted by Gasteiger charge is -2.08. The van der Waals surface area contributed by atoms with Crippen LogP contribution in [0.2, 0.25) is 0 Å². The summed E-state index contributed by atoms with van der Waals surface area (Å²) in [5.74, 6) is 0.965. The standard InChI is InChI=1S/C23H19BrN2/c1-17-9-11-19(12-10-17)16-26-22-8-3-2-7-21(22)25-23(26)14-13-18-5-4-6-20(24)15-18/h2-15H,16H2,1H3/b14-13+. The van der Waals surface area contributed by atoms with Crippen LogP contribution in [0.4, 0.5) is 0 Å². The van der Waals surface area contributed by atoms with Crippen LogP contribution in [0.1, 0.15) is 22.5 Å². The van der Waals surface area contributed by atoms with Crippen LogP contribution in [-0.4, -0.2) is 9.55 Å². The zero-order valence-electron chi connectivity index (χ0n) is 14.6. The minimum Gasteiger partial charge on any atom is -0.320 e. The predicted octanol–water partition coefficient (Wildman–Crippen LogP) is 6.33. The molecule has 4 aromatic rings. The van der Waals surface area contributed by atoms with Crippen LogP contribution in [-0.2, 0) is 6.54 Å². The number of nitrogens with zero attached hydrogens (tertiary/aromatic N) is 2. The molecule has 0 N–H and O–H groups in total. The van der Waals surface area contributed by atoms with Gasteiger partial charge < -0.3 is 4.57 Å². The molecule has 0 fully saturated rings. The SMILES string of the molecule is Cc1ccc(Cn2c(/C=C/c3cccc(Br)c3)nc3ccccc32)cc1. The van der Waals surface area contributed by atoms with Gasteiger partial charge in [0.15, 0.2) is 0 Å². The molecule has 0 bridgehead atoms. The highest BCUT2D eigenvalue weighted by molar-refractivity contribution is 9.10. The van der Waals surface area contributed by atoms with Crippen molar-refractivity contribution in [3.8, 4) is 0 Å². The molecule has 4 rings (SSSR count). The zero-order valence-corrected chi connectivity index (χ0v) is 16.1. The molecule has 26 heavy (non-hydrogen) atoms. The van der Waals surface area contributed by atoms with Crippen molar-refractivity contribution in [1.29, 1.82) is 0 Å². The lowest BCUT2D eigenvalue weighted by molar-refractivity contribution is 0.813. The van der Waals surface area contributed by atoms with Crippen molar-refractivity contribution in [3.05, 3.63) is 99.8 Å². The normalized spacial score (nSPS) is 11.5. The molecule has 1 aromatic heterocycles. The van der Waals surface area contributed by atoms with E-state index in [1.165, 1.54) is 11.1 Å². The Bertz CT molecular complexity index is 1080. The quantitative estimate of drug-likeness (QED) is 0.390. The molecule has 0 atom stereocenters. The lowest BCUT2D eigenvalue weighted by atomic mass is 10.1. The smallest absolute Gasteiger partial charge is 0.134 e. The van der Waals surface area contributed by atoms with E-state index in [1.54, 1.807) is 0 Å². The maximum atomic E-state index is 4.83. The number of halogens is 1. The van der Waals surface area contributed by atoms with E-state index in [0.29, 0.717) is 0 Å². The van der Waals surface area contributed by atoms with Gasteiger partial charge in [-0.3, -0.25) is 0 Å². The Morgan fingerprint density at radius 3 is 2.54 bits per heavy atom. The summed E-state index contributed by atoms with van der Waals surface area (Å²) in [6.07, 6.45) is 4.20. The number of hydrogen-bond donors (Lipinski definition) is 0. The average molecular weight is 403 g/mol.